The molecule has 3 aromatic rings. The maximum Gasteiger partial charge on any atom is 0.303 e. The first kappa shape index (κ1) is 24.6. The minimum Gasteiger partial charge on any atom is -0.497 e. The topological polar surface area (TPSA) is 75.8 Å². The molecule has 0 saturated carbocycles. The number of carboxylic acid groups (broad SMARTS) is 1. The molecule has 4 rings (SSSR count). The SMILES string of the molecule is COc1ccc2nccc(CCCC3CCN(CCCSc4ccco4)CC3CC(=O)O)c2c1. The molecule has 0 bridgehead atoms. The van der Waals surface area contributed by atoms with Crippen molar-refractivity contribution < 1.29 is 19.1 Å². The molecule has 0 spiro atoms. The zero-order chi connectivity index (χ0) is 23.8. The van der Waals surface area contributed by atoms with Crippen LogP contribution in [0, 0.1) is 11.8 Å². The number of aliphatic carboxylic acids is 1. The van der Waals surface area contributed by atoms with Crippen molar-refractivity contribution >= 4 is 28.6 Å². The van der Waals surface area contributed by atoms with Crippen molar-refractivity contribution in [3.8, 4) is 5.75 Å². The first-order chi connectivity index (χ1) is 16.6. The molecular weight excluding hydrogens is 448 g/mol. The fourth-order valence-corrected chi connectivity index (χ4v) is 5.86. The smallest absolute Gasteiger partial charge is 0.303 e. The maximum atomic E-state index is 11.6. The molecule has 6 nitrogen and oxygen atoms in total. The van der Waals surface area contributed by atoms with Gasteiger partial charge in [-0.3, -0.25) is 9.78 Å². The van der Waals surface area contributed by atoms with Gasteiger partial charge < -0.3 is 19.2 Å². The molecule has 1 N–H and O–H groups in total. The number of likely N-dealkylation sites (tertiary alicyclic amines) is 1. The van der Waals surface area contributed by atoms with Gasteiger partial charge in [0.2, 0.25) is 0 Å². The second-order valence-electron chi connectivity index (χ2n) is 9.09. The Kier molecular flexibility index (Phi) is 8.88. The third-order valence-electron chi connectivity index (χ3n) is 6.83. The third-order valence-corrected chi connectivity index (χ3v) is 7.84. The molecule has 1 aromatic carbocycles. The normalized spacial score (nSPS) is 18.9. The number of pyridine rings is 1. The molecule has 1 aliphatic rings. The van der Waals surface area contributed by atoms with E-state index < -0.39 is 5.97 Å². The zero-order valence-corrected chi connectivity index (χ0v) is 20.6. The van der Waals surface area contributed by atoms with Gasteiger partial charge in [0.1, 0.15) is 5.75 Å². The number of hydrogen-bond donors (Lipinski definition) is 1. The van der Waals surface area contributed by atoms with Gasteiger partial charge in [-0.15, -0.1) is 0 Å². The minimum atomic E-state index is -0.683. The van der Waals surface area contributed by atoms with Crippen molar-refractivity contribution in [2.24, 2.45) is 11.8 Å². The van der Waals surface area contributed by atoms with Crippen LogP contribution >= 0.6 is 11.8 Å². The lowest BCUT2D eigenvalue weighted by molar-refractivity contribution is -0.139. The van der Waals surface area contributed by atoms with Gasteiger partial charge in [-0.05, 0) is 99.0 Å². The van der Waals surface area contributed by atoms with Crippen LogP contribution in [0.4, 0.5) is 0 Å². The molecule has 1 fully saturated rings. The highest BCUT2D eigenvalue weighted by molar-refractivity contribution is 7.99. The molecule has 1 saturated heterocycles. The summed E-state index contributed by atoms with van der Waals surface area (Å²) in [4.78, 5) is 18.5. The van der Waals surface area contributed by atoms with Gasteiger partial charge in [0, 0.05) is 30.3 Å². The van der Waals surface area contributed by atoms with Crippen LogP contribution in [0.2, 0.25) is 0 Å². The molecular formula is C27H34N2O4S. The summed E-state index contributed by atoms with van der Waals surface area (Å²) in [5.74, 6) is 1.86. The van der Waals surface area contributed by atoms with Crippen LogP contribution in [-0.4, -0.2) is 53.5 Å². The predicted octanol–water partition coefficient (Wildman–Crippen LogP) is 5.75. The van der Waals surface area contributed by atoms with Crippen molar-refractivity contribution in [1.82, 2.24) is 9.88 Å². The largest absolute Gasteiger partial charge is 0.497 e. The number of hydrogen-bond acceptors (Lipinski definition) is 6. The first-order valence-corrected chi connectivity index (χ1v) is 13.1. The maximum absolute atomic E-state index is 11.6. The van der Waals surface area contributed by atoms with Crippen molar-refractivity contribution in [3.05, 3.63) is 54.4 Å². The Labute approximate surface area is 205 Å². The van der Waals surface area contributed by atoms with Gasteiger partial charge in [-0.1, -0.05) is 11.8 Å². The second-order valence-corrected chi connectivity index (χ2v) is 10.2. The molecule has 0 aliphatic carbocycles. The molecule has 34 heavy (non-hydrogen) atoms. The summed E-state index contributed by atoms with van der Waals surface area (Å²) in [5, 5.41) is 11.6. The summed E-state index contributed by atoms with van der Waals surface area (Å²) in [6.07, 6.45) is 9.08. The number of aromatic nitrogens is 1. The average molecular weight is 483 g/mol. The van der Waals surface area contributed by atoms with E-state index in [2.05, 4.69) is 22.0 Å². The number of benzene rings is 1. The van der Waals surface area contributed by atoms with E-state index in [4.69, 9.17) is 9.15 Å². The molecule has 7 heteroatoms. The van der Waals surface area contributed by atoms with Gasteiger partial charge in [0.15, 0.2) is 5.09 Å². The van der Waals surface area contributed by atoms with E-state index >= 15 is 0 Å². The highest BCUT2D eigenvalue weighted by Gasteiger charge is 2.30. The number of nitrogens with zero attached hydrogens (tertiary/aromatic N) is 2. The lowest BCUT2D eigenvalue weighted by Crippen LogP contribution is -2.41. The van der Waals surface area contributed by atoms with E-state index in [1.807, 2.05) is 30.5 Å². The fraction of sp³-hybridized carbons (Fsp3) is 0.481. The summed E-state index contributed by atoms with van der Waals surface area (Å²) in [6.45, 7) is 2.96. The van der Waals surface area contributed by atoms with Crippen LogP contribution in [0.5, 0.6) is 5.75 Å². The number of rotatable bonds is 12. The van der Waals surface area contributed by atoms with Crippen molar-refractivity contribution in [2.45, 2.75) is 43.6 Å². The van der Waals surface area contributed by atoms with Crippen LogP contribution in [0.1, 0.15) is 37.7 Å². The van der Waals surface area contributed by atoms with Crippen molar-refractivity contribution in [1.29, 1.82) is 0 Å². The van der Waals surface area contributed by atoms with Crippen molar-refractivity contribution in [3.63, 3.8) is 0 Å². The number of aryl methyl sites for hydroxylation is 1. The monoisotopic (exact) mass is 482 g/mol. The number of ether oxygens (including phenoxy) is 1. The number of thioether (sulfide) groups is 1. The standard InChI is InChI=1S/C27H34N2O4S/c1-32-23-8-9-25-24(18-23)21(10-12-28-25)6-2-5-20-11-14-29(19-22(20)17-26(30)31)13-4-16-34-27-7-3-15-33-27/h3,7-10,12,15,18,20,22H,2,4-6,11,13-14,16-17,19H2,1H3,(H,30,31). The number of furan rings is 1. The lowest BCUT2D eigenvalue weighted by atomic mass is 9.80. The summed E-state index contributed by atoms with van der Waals surface area (Å²) >= 11 is 1.74. The molecule has 2 aromatic heterocycles. The van der Waals surface area contributed by atoms with Crippen LogP contribution in [0.25, 0.3) is 10.9 Å². The number of fused-ring (bicyclic) bond motifs is 1. The predicted molar refractivity (Wildman–Crippen MR) is 136 cm³/mol. The van der Waals surface area contributed by atoms with Crippen LogP contribution in [-0.2, 0) is 11.2 Å². The van der Waals surface area contributed by atoms with E-state index in [1.165, 1.54) is 5.56 Å². The fourth-order valence-electron chi connectivity index (χ4n) is 5.08. The Morgan fingerprint density at radius 2 is 2.18 bits per heavy atom. The van der Waals surface area contributed by atoms with Crippen LogP contribution in [0.15, 0.2) is 58.4 Å². The van der Waals surface area contributed by atoms with Crippen molar-refractivity contribution in [2.75, 3.05) is 32.5 Å². The molecule has 182 valence electrons. The van der Waals surface area contributed by atoms with Gasteiger partial charge in [0.25, 0.3) is 0 Å². The summed E-state index contributed by atoms with van der Waals surface area (Å²) < 4.78 is 10.8. The summed E-state index contributed by atoms with van der Waals surface area (Å²) in [7, 11) is 1.68. The quantitative estimate of drug-likeness (QED) is 0.260. The molecule has 2 unspecified atom stereocenters. The summed E-state index contributed by atoms with van der Waals surface area (Å²) in [6, 6.07) is 12.0. The van der Waals surface area contributed by atoms with E-state index in [1.54, 1.807) is 25.1 Å². The molecule has 2 atom stereocenters. The number of carboxylic acids is 1. The highest BCUT2D eigenvalue weighted by Crippen LogP contribution is 2.32. The molecule has 1 aliphatic heterocycles. The van der Waals surface area contributed by atoms with Crippen LogP contribution in [0.3, 0.4) is 0 Å². The highest BCUT2D eigenvalue weighted by atomic mass is 32.2. The average Bonchev–Trinajstić information content (AvgIpc) is 3.36. The number of methoxy groups -OCH3 is 1. The van der Waals surface area contributed by atoms with Gasteiger partial charge in [0.05, 0.1) is 18.9 Å². The van der Waals surface area contributed by atoms with Gasteiger partial charge in [-0.25, -0.2) is 0 Å². The Hall–Kier alpha value is -2.51. The molecule has 0 radical (unpaired) electrons. The van der Waals surface area contributed by atoms with E-state index in [9.17, 15) is 9.90 Å². The summed E-state index contributed by atoms with van der Waals surface area (Å²) in [5.41, 5.74) is 2.27. The van der Waals surface area contributed by atoms with E-state index in [0.717, 1.165) is 79.2 Å². The first-order valence-electron chi connectivity index (χ1n) is 12.1. The van der Waals surface area contributed by atoms with E-state index in [0.29, 0.717) is 5.92 Å². The van der Waals surface area contributed by atoms with Gasteiger partial charge in [-0.2, -0.15) is 0 Å². The number of carbonyl (C=O) groups is 1. The third kappa shape index (κ3) is 6.76. The zero-order valence-electron chi connectivity index (χ0n) is 19.8. The number of piperidine rings is 1. The lowest BCUT2D eigenvalue weighted by Gasteiger charge is -2.38. The van der Waals surface area contributed by atoms with Crippen LogP contribution < -0.4 is 4.74 Å². The Bertz CT molecular complexity index is 1060. The van der Waals surface area contributed by atoms with E-state index in [-0.39, 0.29) is 12.3 Å². The molecule has 3 heterocycles. The Morgan fingerprint density at radius 1 is 1.26 bits per heavy atom. The molecule has 0 amide bonds. The second kappa shape index (κ2) is 12.3. The van der Waals surface area contributed by atoms with Gasteiger partial charge >= 0.3 is 5.97 Å². The minimum absolute atomic E-state index is 0.221. The Balaban J connectivity index is 1.28. The Morgan fingerprint density at radius 3 is 2.97 bits per heavy atom.